The summed E-state index contributed by atoms with van der Waals surface area (Å²) in [7, 11) is 0. The number of halogens is 1. The molecular formula is C10H16BrN3OS. The van der Waals surface area contributed by atoms with Crippen LogP contribution in [0.15, 0.2) is 15.5 Å². The number of nitrogens with one attached hydrogen (secondary N) is 1. The van der Waals surface area contributed by atoms with Gasteiger partial charge in [-0.15, -0.1) is 0 Å². The van der Waals surface area contributed by atoms with Crippen LogP contribution in [0.5, 0.6) is 0 Å². The largest absolute Gasteiger partial charge is 0.382 e. The predicted octanol–water partition coefficient (Wildman–Crippen LogP) is 2.19. The Labute approximate surface area is 108 Å². The van der Waals surface area contributed by atoms with E-state index in [9.17, 15) is 4.79 Å². The maximum atomic E-state index is 11.7. The van der Waals surface area contributed by atoms with E-state index in [0.29, 0.717) is 16.3 Å². The smallest absolute Gasteiger partial charge is 0.283 e. The van der Waals surface area contributed by atoms with Gasteiger partial charge >= 0.3 is 0 Å². The molecule has 4 nitrogen and oxygen atoms in total. The molecule has 1 heterocycles. The van der Waals surface area contributed by atoms with Crippen LogP contribution in [0.3, 0.4) is 0 Å². The standard InChI is InChI=1S/C10H16BrN3OS/c1-4-14-10(15)9(11)8(6-13-14)12-5-7(2)16-3/h6-7,12H,4-5H2,1-3H3. The Balaban J connectivity index is 2.83. The number of aromatic nitrogens is 2. The number of rotatable bonds is 5. The van der Waals surface area contributed by atoms with Crippen molar-refractivity contribution in [2.45, 2.75) is 25.6 Å². The van der Waals surface area contributed by atoms with E-state index < -0.39 is 0 Å². The summed E-state index contributed by atoms with van der Waals surface area (Å²) in [5.74, 6) is 0. The summed E-state index contributed by atoms with van der Waals surface area (Å²) in [5.41, 5.74) is 0.667. The lowest BCUT2D eigenvalue weighted by Crippen LogP contribution is -2.24. The normalized spacial score (nSPS) is 12.5. The number of aryl methyl sites for hydroxylation is 1. The molecule has 1 rings (SSSR count). The van der Waals surface area contributed by atoms with Crippen LogP contribution in [-0.2, 0) is 6.54 Å². The lowest BCUT2D eigenvalue weighted by Gasteiger charge is -2.12. The lowest BCUT2D eigenvalue weighted by molar-refractivity contribution is 0.613. The molecule has 0 saturated heterocycles. The highest BCUT2D eigenvalue weighted by molar-refractivity contribution is 9.10. The van der Waals surface area contributed by atoms with Gasteiger partial charge in [-0.3, -0.25) is 4.79 Å². The highest BCUT2D eigenvalue weighted by Gasteiger charge is 2.08. The van der Waals surface area contributed by atoms with E-state index >= 15 is 0 Å². The molecule has 0 aliphatic carbocycles. The van der Waals surface area contributed by atoms with Gasteiger partial charge in [-0.05, 0) is 29.1 Å². The fraction of sp³-hybridized carbons (Fsp3) is 0.600. The van der Waals surface area contributed by atoms with E-state index in [1.165, 1.54) is 4.68 Å². The second-order valence-corrected chi connectivity index (χ2v) is 5.49. The maximum Gasteiger partial charge on any atom is 0.283 e. The molecule has 1 aromatic heterocycles. The molecule has 0 saturated carbocycles. The first-order chi connectivity index (χ1) is 7.60. The fourth-order valence-electron chi connectivity index (χ4n) is 1.15. The molecule has 16 heavy (non-hydrogen) atoms. The molecule has 0 fully saturated rings. The predicted molar refractivity (Wildman–Crippen MR) is 73.3 cm³/mol. The van der Waals surface area contributed by atoms with Gasteiger partial charge in [0.2, 0.25) is 0 Å². The monoisotopic (exact) mass is 305 g/mol. The zero-order chi connectivity index (χ0) is 12.1. The van der Waals surface area contributed by atoms with Crippen LogP contribution in [0.4, 0.5) is 5.69 Å². The second-order valence-electron chi connectivity index (χ2n) is 3.42. The van der Waals surface area contributed by atoms with Crippen LogP contribution >= 0.6 is 27.7 Å². The van der Waals surface area contributed by atoms with Crippen LogP contribution < -0.4 is 10.9 Å². The minimum absolute atomic E-state index is 0.0932. The zero-order valence-electron chi connectivity index (χ0n) is 9.66. The van der Waals surface area contributed by atoms with Gasteiger partial charge in [-0.25, -0.2) is 4.68 Å². The SMILES string of the molecule is CCn1ncc(NCC(C)SC)c(Br)c1=O. The number of thioether (sulfide) groups is 1. The minimum atomic E-state index is -0.0932. The van der Waals surface area contributed by atoms with Gasteiger partial charge in [-0.2, -0.15) is 16.9 Å². The molecule has 1 atom stereocenters. The van der Waals surface area contributed by atoms with Crippen molar-refractivity contribution in [1.29, 1.82) is 0 Å². The number of hydrogen-bond acceptors (Lipinski definition) is 4. The molecule has 0 aliphatic heterocycles. The molecule has 1 N–H and O–H groups in total. The van der Waals surface area contributed by atoms with Gasteiger partial charge in [0.25, 0.3) is 5.56 Å². The van der Waals surface area contributed by atoms with Crippen molar-refractivity contribution in [3.8, 4) is 0 Å². The Hall–Kier alpha value is -0.490. The van der Waals surface area contributed by atoms with Crippen LogP contribution in [0.2, 0.25) is 0 Å². The average Bonchev–Trinajstić information content (AvgIpc) is 2.30. The van der Waals surface area contributed by atoms with E-state index in [1.54, 1.807) is 18.0 Å². The maximum absolute atomic E-state index is 11.7. The number of nitrogens with zero attached hydrogens (tertiary/aromatic N) is 2. The number of anilines is 1. The van der Waals surface area contributed by atoms with Gasteiger partial charge in [0.05, 0.1) is 11.9 Å². The Morgan fingerprint density at radius 1 is 1.69 bits per heavy atom. The van der Waals surface area contributed by atoms with Crippen molar-refractivity contribution in [2.24, 2.45) is 0 Å². The Bertz CT molecular complexity index is 408. The summed E-state index contributed by atoms with van der Waals surface area (Å²) < 4.78 is 1.98. The van der Waals surface area contributed by atoms with Gasteiger partial charge in [0.15, 0.2) is 0 Å². The van der Waals surface area contributed by atoms with E-state index in [0.717, 1.165) is 12.2 Å². The summed E-state index contributed by atoms with van der Waals surface area (Å²) in [4.78, 5) is 11.7. The summed E-state index contributed by atoms with van der Waals surface area (Å²) in [6, 6.07) is 0. The van der Waals surface area contributed by atoms with Crippen molar-refractivity contribution in [1.82, 2.24) is 9.78 Å². The fourth-order valence-corrected chi connectivity index (χ4v) is 1.85. The van der Waals surface area contributed by atoms with Gasteiger partial charge < -0.3 is 5.32 Å². The average molecular weight is 306 g/mol. The summed E-state index contributed by atoms with van der Waals surface area (Å²) >= 11 is 5.08. The van der Waals surface area contributed by atoms with E-state index in [2.05, 4.69) is 39.5 Å². The van der Waals surface area contributed by atoms with Crippen molar-refractivity contribution in [3.63, 3.8) is 0 Å². The molecule has 0 spiro atoms. The highest BCUT2D eigenvalue weighted by atomic mass is 79.9. The Kier molecular flexibility index (Phi) is 5.34. The van der Waals surface area contributed by atoms with Crippen molar-refractivity contribution < 1.29 is 0 Å². The molecule has 0 aliphatic rings. The quantitative estimate of drug-likeness (QED) is 0.906. The topological polar surface area (TPSA) is 46.9 Å². The van der Waals surface area contributed by atoms with Crippen LogP contribution in [0, 0.1) is 0 Å². The van der Waals surface area contributed by atoms with Crippen molar-refractivity contribution >= 4 is 33.4 Å². The lowest BCUT2D eigenvalue weighted by atomic mass is 10.4. The first kappa shape index (κ1) is 13.6. The second kappa shape index (κ2) is 6.30. The van der Waals surface area contributed by atoms with E-state index in [4.69, 9.17) is 0 Å². The minimum Gasteiger partial charge on any atom is -0.382 e. The van der Waals surface area contributed by atoms with Gasteiger partial charge in [0, 0.05) is 18.3 Å². The van der Waals surface area contributed by atoms with E-state index in [1.807, 2.05) is 6.92 Å². The molecule has 0 amide bonds. The van der Waals surface area contributed by atoms with Crippen LogP contribution in [0.25, 0.3) is 0 Å². The molecular weight excluding hydrogens is 290 g/mol. The third kappa shape index (κ3) is 3.25. The Morgan fingerprint density at radius 2 is 2.38 bits per heavy atom. The van der Waals surface area contributed by atoms with Gasteiger partial charge in [0.1, 0.15) is 4.47 Å². The summed E-state index contributed by atoms with van der Waals surface area (Å²) in [5, 5.41) is 7.78. The first-order valence-corrected chi connectivity index (χ1v) is 7.20. The Morgan fingerprint density at radius 3 is 2.94 bits per heavy atom. The van der Waals surface area contributed by atoms with Crippen molar-refractivity contribution in [2.75, 3.05) is 18.1 Å². The van der Waals surface area contributed by atoms with Crippen LogP contribution in [-0.4, -0.2) is 27.8 Å². The summed E-state index contributed by atoms with van der Waals surface area (Å²) in [6.45, 7) is 5.42. The third-order valence-electron chi connectivity index (χ3n) is 2.27. The molecule has 1 unspecified atom stereocenters. The number of hydrogen-bond donors (Lipinski definition) is 1. The highest BCUT2D eigenvalue weighted by Crippen LogP contribution is 2.17. The molecule has 0 radical (unpaired) electrons. The first-order valence-electron chi connectivity index (χ1n) is 5.12. The summed E-state index contributed by atoms with van der Waals surface area (Å²) in [6.07, 6.45) is 3.75. The molecule has 6 heteroatoms. The van der Waals surface area contributed by atoms with Gasteiger partial charge in [-0.1, -0.05) is 6.92 Å². The third-order valence-corrected chi connectivity index (χ3v) is 4.00. The zero-order valence-corrected chi connectivity index (χ0v) is 12.1. The molecule has 90 valence electrons. The van der Waals surface area contributed by atoms with E-state index in [-0.39, 0.29) is 5.56 Å². The molecule has 0 aromatic carbocycles. The molecule has 0 bridgehead atoms. The molecule has 1 aromatic rings. The van der Waals surface area contributed by atoms with Crippen LogP contribution in [0.1, 0.15) is 13.8 Å². The van der Waals surface area contributed by atoms with Crippen molar-refractivity contribution in [3.05, 3.63) is 21.0 Å².